The largest absolute Gasteiger partial charge is 0.394 e. The highest BCUT2D eigenvalue weighted by molar-refractivity contribution is 5.82. The minimum Gasteiger partial charge on any atom is -0.394 e. The molecule has 0 aromatic carbocycles. The Bertz CT molecular complexity index is 975. The van der Waals surface area contributed by atoms with Gasteiger partial charge < -0.3 is 61.4 Å². The molecule has 0 amide bonds. The number of ether oxygens (including phenoxy) is 3. The Morgan fingerprint density at radius 1 is 0.879 bits per heavy atom. The summed E-state index contributed by atoms with van der Waals surface area (Å²) in [5.41, 5.74) is 11.7. The van der Waals surface area contributed by atoms with Crippen LogP contribution in [0.3, 0.4) is 0 Å². The molecule has 33 heavy (non-hydrogen) atoms. The van der Waals surface area contributed by atoms with Crippen molar-refractivity contribution < 1.29 is 50.0 Å². The SMILES string of the molecule is Nc1nc(N)c2ncn([C@@H]3O[C@@H](CO)[C@@H](O[C@H]4O[C@@H](CO)[C@@H](O)[C@@H](O)[C@H]4O)[C@@H](O)[C@H]3O)c2n1. The molecule has 0 bridgehead atoms. The Morgan fingerprint density at radius 3 is 2.24 bits per heavy atom. The molecule has 0 radical (unpaired) electrons. The Kier molecular flexibility index (Phi) is 6.65. The third-order valence-corrected chi connectivity index (χ3v) is 5.72. The maximum atomic E-state index is 10.8. The highest BCUT2D eigenvalue weighted by Gasteiger charge is 2.51. The van der Waals surface area contributed by atoms with E-state index in [1.165, 1.54) is 10.9 Å². The van der Waals surface area contributed by atoms with E-state index in [1.807, 2.05) is 0 Å². The number of hydrogen-bond acceptors (Lipinski definition) is 15. The average Bonchev–Trinajstić information content (AvgIpc) is 3.21. The summed E-state index contributed by atoms with van der Waals surface area (Å²) in [5.74, 6) is -0.167. The van der Waals surface area contributed by atoms with Crippen molar-refractivity contribution in [1.29, 1.82) is 0 Å². The average molecular weight is 474 g/mol. The molecular formula is C17H26N6O10. The van der Waals surface area contributed by atoms with Gasteiger partial charge in [-0.15, -0.1) is 0 Å². The van der Waals surface area contributed by atoms with E-state index in [1.54, 1.807) is 0 Å². The van der Waals surface area contributed by atoms with E-state index in [2.05, 4.69) is 15.0 Å². The smallest absolute Gasteiger partial charge is 0.224 e. The standard InChI is InChI=1S/C17H26N6O10/c18-13-6-14(22-17(19)21-13)23(3-20-6)15-10(29)9(28)12(5(2-25)31-15)33-16-11(30)8(27)7(26)4(1-24)32-16/h3-5,7-12,15-16,24-30H,1-2H2,(H4,18,19,21,22)/t4-,5-,7+,8+,9-,10+,11+,12+,15+,16+/m0/s1. The maximum Gasteiger partial charge on any atom is 0.224 e. The number of nitrogen functional groups attached to an aromatic ring is 2. The van der Waals surface area contributed by atoms with Gasteiger partial charge in [0.1, 0.15) is 54.3 Å². The minimum atomic E-state index is -1.76. The molecule has 0 unspecified atom stereocenters. The molecule has 0 saturated carbocycles. The number of imidazole rings is 1. The van der Waals surface area contributed by atoms with Crippen LogP contribution in [-0.2, 0) is 14.2 Å². The number of hydrogen-bond donors (Lipinski definition) is 9. The van der Waals surface area contributed by atoms with E-state index >= 15 is 0 Å². The van der Waals surface area contributed by atoms with Crippen molar-refractivity contribution in [3.05, 3.63) is 6.33 Å². The molecule has 184 valence electrons. The summed E-state index contributed by atoms with van der Waals surface area (Å²) in [6.07, 6.45) is -14.1. The lowest BCUT2D eigenvalue weighted by Crippen LogP contribution is -2.63. The van der Waals surface area contributed by atoms with Gasteiger partial charge in [-0.1, -0.05) is 0 Å². The van der Waals surface area contributed by atoms with E-state index in [9.17, 15) is 35.7 Å². The third kappa shape index (κ3) is 4.10. The molecule has 0 aliphatic carbocycles. The quantitative estimate of drug-likeness (QED) is 0.196. The maximum absolute atomic E-state index is 10.8. The van der Waals surface area contributed by atoms with Crippen molar-refractivity contribution in [3.8, 4) is 0 Å². The molecule has 4 rings (SSSR count). The van der Waals surface area contributed by atoms with Gasteiger partial charge in [0.2, 0.25) is 5.95 Å². The van der Waals surface area contributed by atoms with Crippen LogP contribution >= 0.6 is 0 Å². The van der Waals surface area contributed by atoms with Crippen molar-refractivity contribution in [2.24, 2.45) is 0 Å². The second kappa shape index (κ2) is 9.18. The number of rotatable bonds is 5. The molecular weight excluding hydrogens is 448 g/mol. The van der Waals surface area contributed by atoms with Crippen LogP contribution in [0, 0.1) is 0 Å². The van der Waals surface area contributed by atoms with Crippen LogP contribution < -0.4 is 11.5 Å². The summed E-state index contributed by atoms with van der Waals surface area (Å²) in [6, 6.07) is 0. The van der Waals surface area contributed by atoms with Crippen LogP contribution in [0.15, 0.2) is 6.33 Å². The molecule has 11 N–H and O–H groups in total. The number of anilines is 2. The Labute approximate surface area is 185 Å². The number of aliphatic hydroxyl groups excluding tert-OH is 7. The zero-order valence-corrected chi connectivity index (χ0v) is 17.1. The van der Waals surface area contributed by atoms with Crippen molar-refractivity contribution in [1.82, 2.24) is 19.5 Å². The van der Waals surface area contributed by atoms with Crippen molar-refractivity contribution in [3.63, 3.8) is 0 Å². The first kappa shape index (κ1) is 23.9. The lowest BCUT2D eigenvalue weighted by atomic mass is 9.96. The number of aliphatic hydroxyl groups is 7. The molecule has 0 spiro atoms. The third-order valence-electron chi connectivity index (χ3n) is 5.72. The van der Waals surface area contributed by atoms with E-state index in [0.717, 1.165) is 0 Å². The first-order valence-corrected chi connectivity index (χ1v) is 10.0. The topological polar surface area (TPSA) is 265 Å². The molecule has 2 aromatic heterocycles. The Balaban J connectivity index is 1.58. The van der Waals surface area contributed by atoms with Gasteiger partial charge in [-0.25, -0.2) is 4.98 Å². The predicted octanol–water partition coefficient (Wildman–Crippen LogP) is -5.21. The Hall–Kier alpha value is -2.25. The second-order valence-corrected chi connectivity index (χ2v) is 7.82. The monoisotopic (exact) mass is 474 g/mol. The Morgan fingerprint density at radius 2 is 1.58 bits per heavy atom. The van der Waals surface area contributed by atoms with Crippen LogP contribution in [0.1, 0.15) is 6.23 Å². The predicted molar refractivity (Wildman–Crippen MR) is 106 cm³/mol. The fourth-order valence-corrected chi connectivity index (χ4v) is 3.94. The molecule has 16 nitrogen and oxygen atoms in total. The lowest BCUT2D eigenvalue weighted by Gasteiger charge is -2.46. The summed E-state index contributed by atoms with van der Waals surface area (Å²) < 4.78 is 17.8. The highest BCUT2D eigenvalue weighted by atomic mass is 16.7. The summed E-state index contributed by atoms with van der Waals surface area (Å²) in [4.78, 5) is 11.9. The summed E-state index contributed by atoms with van der Waals surface area (Å²) in [5, 5.41) is 70.7. The van der Waals surface area contributed by atoms with Gasteiger partial charge in [-0.2, -0.15) is 9.97 Å². The molecule has 2 aliphatic rings. The molecule has 4 heterocycles. The summed E-state index contributed by atoms with van der Waals surface area (Å²) >= 11 is 0. The minimum absolute atomic E-state index is 0.00960. The van der Waals surface area contributed by atoms with Crippen LogP contribution in [0.25, 0.3) is 11.2 Å². The van der Waals surface area contributed by atoms with Gasteiger partial charge in [0.15, 0.2) is 24.0 Å². The van der Waals surface area contributed by atoms with Gasteiger partial charge in [0, 0.05) is 0 Å². The lowest BCUT2D eigenvalue weighted by molar-refractivity contribution is -0.346. The zero-order chi connectivity index (χ0) is 24.0. The van der Waals surface area contributed by atoms with E-state index in [-0.39, 0.29) is 22.9 Å². The van der Waals surface area contributed by atoms with Crippen molar-refractivity contribution >= 4 is 22.9 Å². The molecule has 2 aliphatic heterocycles. The van der Waals surface area contributed by atoms with Crippen LogP contribution in [0.4, 0.5) is 11.8 Å². The van der Waals surface area contributed by atoms with Crippen LogP contribution in [0.2, 0.25) is 0 Å². The number of nitrogens with two attached hydrogens (primary N) is 2. The molecule has 2 fully saturated rings. The number of nitrogens with zero attached hydrogens (tertiary/aromatic N) is 4. The van der Waals surface area contributed by atoms with Gasteiger partial charge >= 0.3 is 0 Å². The summed E-state index contributed by atoms with van der Waals surface area (Å²) in [6.45, 7) is -1.38. The van der Waals surface area contributed by atoms with Crippen LogP contribution in [0.5, 0.6) is 0 Å². The normalized spacial score (nSPS) is 39.7. The number of fused-ring (bicyclic) bond motifs is 1. The molecule has 16 heteroatoms. The first-order valence-electron chi connectivity index (χ1n) is 10.0. The number of aromatic nitrogens is 4. The fraction of sp³-hybridized carbons (Fsp3) is 0.706. The van der Waals surface area contributed by atoms with Crippen LogP contribution in [-0.4, -0.2) is 124 Å². The van der Waals surface area contributed by atoms with Crippen molar-refractivity contribution in [2.75, 3.05) is 24.7 Å². The van der Waals surface area contributed by atoms with E-state index in [0.29, 0.717) is 0 Å². The van der Waals surface area contributed by atoms with E-state index in [4.69, 9.17) is 25.7 Å². The summed E-state index contributed by atoms with van der Waals surface area (Å²) in [7, 11) is 0. The van der Waals surface area contributed by atoms with Gasteiger partial charge in [-0.05, 0) is 0 Å². The highest BCUT2D eigenvalue weighted by Crippen LogP contribution is 2.34. The first-order chi connectivity index (χ1) is 15.7. The van der Waals surface area contributed by atoms with E-state index < -0.39 is 74.6 Å². The van der Waals surface area contributed by atoms with Gasteiger partial charge in [0.25, 0.3) is 0 Å². The molecule has 2 saturated heterocycles. The molecule has 2 aromatic rings. The second-order valence-electron chi connectivity index (χ2n) is 7.82. The van der Waals surface area contributed by atoms with Gasteiger partial charge in [0.05, 0.1) is 19.5 Å². The zero-order valence-electron chi connectivity index (χ0n) is 17.1. The molecule has 10 atom stereocenters. The van der Waals surface area contributed by atoms with Gasteiger partial charge in [-0.3, -0.25) is 4.57 Å². The fourth-order valence-electron chi connectivity index (χ4n) is 3.94. The van der Waals surface area contributed by atoms with Crippen molar-refractivity contribution in [2.45, 2.75) is 61.3 Å².